The summed E-state index contributed by atoms with van der Waals surface area (Å²) in [5.74, 6) is -0.898. The molecule has 1 aliphatic rings. The van der Waals surface area contributed by atoms with Gasteiger partial charge in [-0.25, -0.2) is 4.79 Å². The Morgan fingerprint density at radius 1 is 0.946 bits per heavy atom. The minimum Gasteiger partial charge on any atom is -0.485 e. The van der Waals surface area contributed by atoms with E-state index in [0.717, 1.165) is 0 Å². The third-order valence-corrected chi connectivity index (χ3v) is 5.99. The highest BCUT2D eigenvalue weighted by Crippen LogP contribution is 2.44. The molecular weight excluding hydrogens is 480 g/mol. The molecule has 188 valence electrons. The van der Waals surface area contributed by atoms with Gasteiger partial charge in [0.15, 0.2) is 5.78 Å². The quantitative estimate of drug-likeness (QED) is 0.174. The van der Waals surface area contributed by atoms with Gasteiger partial charge in [0.2, 0.25) is 0 Å². The van der Waals surface area contributed by atoms with Crippen molar-refractivity contribution in [1.29, 1.82) is 0 Å². The van der Waals surface area contributed by atoms with Gasteiger partial charge in [0.25, 0.3) is 11.4 Å². The van der Waals surface area contributed by atoms with Gasteiger partial charge in [-0.15, -0.1) is 0 Å². The van der Waals surface area contributed by atoms with Crippen LogP contribution >= 0.6 is 0 Å². The van der Waals surface area contributed by atoms with Gasteiger partial charge in [0.1, 0.15) is 11.9 Å². The lowest BCUT2D eigenvalue weighted by Gasteiger charge is -2.27. The molecule has 4 rings (SSSR count). The average molecular weight is 502 g/mol. The van der Waals surface area contributed by atoms with Gasteiger partial charge in [-0.2, -0.15) is 0 Å². The van der Waals surface area contributed by atoms with Crippen LogP contribution in [-0.4, -0.2) is 34.3 Å². The largest absolute Gasteiger partial charge is 0.485 e. The van der Waals surface area contributed by atoms with Gasteiger partial charge >= 0.3 is 5.97 Å². The number of benzene rings is 3. The Morgan fingerprint density at radius 2 is 1.51 bits per heavy atom. The van der Waals surface area contributed by atoms with Crippen molar-refractivity contribution in [2.45, 2.75) is 26.9 Å². The van der Waals surface area contributed by atoms with Crippen molar-refractivity contribution < 1.29 is 28.9 Å². The van der Waals surface area contributed by atoms with Crippen LogP contribution in [-0.2, 0) is 4.74 Å². The Kier molecular flexibility index (Phi) is 6.83. The third-order valence-electron chi connectivity index (χ3n) is 5.99. The molecule has 3 aromatic rings. The van der Waals surface area contributed by atoms with Crippen LogP contribution in [0.1, 0.15) is 51.3 Å². The van der Waals surface area contributed by atoms with E-state index in [1.807, 2.05) is 0 Å². The molecule has 0 saturated carbocycles. The molecule has 0 fully saturated rings. The van der Waals surface area contributed by atoms with Crippen molar-refractivity contribution in [2.75, 3.05) is 6.61 Å². The van der Waals surface area contributed by atoms with Crippen LogP contribution in [0.15, 0.2) is 54.6 Å². The fraction of sp³-hybridized carbons (Fsp3) is 0.185. The molecule has 10 heteroatoms. The zero-order chi connectivity index (χ0) is 26.9. The predicted molar refractivity (Wildman–Crippen MR) is 135 cm³/mol. The minimum absolute atomic E-state index is 0.0874. The van der Waals surface area contributed by atoms with Crippen LogP contribution < -0.4 is 4.74 Å². The Balaban J connectivity index is 2.01. The second-order valence-electron chi connectivity index (χ2n) is 8.33. The Hall–Kier alpha value is -4.86. The molecular formula is C27H22N2O8. The summed E-state index contributed by atoms with van der Waals surface area (Å²) < 4.78 is 11.4. The lowest BCUT2D eigenvalue weighted by atomic mass is 9.83. The average Bonchev–Trinajstić information content (AvgIpc) is 2.87. The van der Waals surface area contributed by atoms with Gasteiger partial charge in [0.05, 0.1) is 27.6 Å². The number of non-ortho nitro benzene ring substituents is 2. The van der Waals surface area contributed by atoms with Crippen LogP contribution in [0.4, 0.5) is 11.4 Å². The second-order valence-corrected chi connectivity index (χ2v) is 8.33. The highest BCUT2D eigenvalue weighted by molar-refractivity contribution is 6.16. The number of nitrogens with zero attached hydrogens (tertiary/aromatic N) is 2. The minimum atomic E-state index is -0.666. The van der Waals surface area contributed by atoms with E-state index in [4.69, 9.17) is 9.47 Å². The van der Waals surface area contributed by atoms with E-state index in [2.05, 4.69) is 0 Å². The number of fused-ring (bicyclic) bond motifs is 1. The predicted octanol–water partition coefficient (Wildman–Crippen LogP) is 5.68. The number of hydrogen-bond acceptors (Lipinski definition) is 8. The molecule has 1 aliphatic heterocycles. The number of rotatable bonds is 7. The first kappa shape index (κ1) is 25.2. The zero-order valence-corrected chi connectivity index (χ0v) is 20.2. The topological polar surface area (TPSA) is 139 Å². The van der Waals surface area contributed by atoms with Crippen molar-refractivity contribution in [2.24, 2.45) is 0 Å². The lowest BCUT2D eigenvalue weighted by molar-refractivity contribution is -0.385. The number of nitro groups is 2. The van der Waals surface area contributed by atoms with E-state index < -0.39 is 21.6 Å². The first-order valence-electron chi connectivity index (χ1n) is 11.4. The molecule has 1 atom stereocenters. The van der Waals surface area contributed by atoms with Crippen LogP contribution in [0, 0.1) is 27.2 Å². The number of ketones is 1. The Bertz CT molecular complexity index is 1460. The maximum Gasteiger partial charge on any atom is 0.339 e. The number of esters is 1. The first-order valence-corrected chi connectivity index (χ1v) is 11.4. The molecule has 10 nitrogen and oxygen atoms in total. The number of ether oxygens (including phenoxy) is 2. The summed E-state index contributed by atoms with van der Waals surface area (Å²) in [6.45, 7) is 5.14. The van der Waals surface area contributed by atoms with E-state index in [9.17, 15) is 29.8 Å². The molecule has 37 heavy (non-hydrogen) atoms. The molecule has 0 radical (unpaired) electrons. The highest BCUT2D eigenvalue weighted by Gasteiger charge is 2.32. The normalized spacial score (nSPS) is 13.9. The van der Waals surface area contributed by atoms with Gasteiger partial charge in [-0.1, -0.05) is 6.08 Å². The lowest BCUT2D eigenvalue weighted by Crippen LogP contribution is -2.21. The van der Waals surface area contributed by atoms with Crippen LogP contribution in [0.3, 0.4) is 0 Å². The second kappa shape index (κ2) is 10.0. The Labute approximate surface area is 211 Å². The monoisotopic (exact) mass is 502 g/mol. The van der Waals surface area contributed by atoms with Crippen LogP contribution in [0.2, 0.25) is 0 Å². The van der Waals surface area contributed by atoms with E-state index in [-0.39, 0.29) is 46.5 Å². The summed E-state index contributed by atoms with van der Waals surface area (Å²) in [7, 11) is 0. The maximum atomic E-state index is 13.7. The van der Waals surface area contributed by atoms with Crippen molar-refractivity contribution >= 4 is 29.2 Å². The van der Waals surface area contributed by atoms with Crippen molar-refractivity contribution in [3.8, 4) is 16.9 Å². The van der Waals surface area contributed by atoms with Gasteiger partial charge in [-0.05, 0) is 62.2 Å². The van der Waals surface area contributed by atoms with Gasteiger partial charge in [-0.3, -0.25) is 25.0 Å². The molecule has 0 amide bonds. The molecule has 0 aliphatic carbocycles. The van der Waals surface area contributed by atoms with E-state index in [1.54, 1.807) is 32.9 Å². The molecule has 0 bridgehead atoms. The first-order chi connectivity index (χ1) is 17.6. The molecule has 0 spiro atoms. The van der Waals surface area contributed by atoms with Gasteiger partial charge < -0.3 is 9.47 Å². The third kappa shape index (κ3) is 4.68. The highest BCUT2D eigenvalue weighted by atomic mass is 16.6. The number of carbonyl (C=O) groups is 2. The number of nitro benzene ring substituents is 2. The zero-order valence-electron chi connectivity index (χ0n) is 20.2. The molecule has 0 aromatic heterocycles. The van der Waals surface area contributed by atoms with Crippen LogP contribution in [0.5, 0.6) is 5.75 Å². The summed E-state index contributed by atoms with van der Waals surface area (Å²) in [6, 6.07) is 10.9. The fourth-order valence-electron chi connectivity index (χ4n) is 4.26. The SMILES string of the molecule is CCOC(=O)c1c(C)c(C(=O)c2ccc([N+](=O)[O-])cc2)c2c(c1-c1ccc([N+](=O)[O-])cc1)C=CC(C)O2. The maximum absolute atomic E-state index is 13.7. The molecule has 1 heterocycles. The number of carbonyl (C=O) groups excluding carboxylic acids is 2. The molecule has 3 aromatic carbocycles. The Morgan fingerprint density at radius 3 is 2.05 bits per heavy atom. The standard InChI is InChI=1S/C27H22N2O8/c1-4-36-27(31)22-16(3)23(25(30)18-8-12-20(13-9-18)29(34)35)26-21(14-5-15(2)37-26)24(22)17-6-10-19(11-7-17)28(32)33/h5-15H,4H2,1-3H3. The van der Waals surface area contributed by atoms with E-state index in [1.165, 1.54) is 48.5 Å². The fourth-order valence-corrected chi connectivity index (χ4v) is 4.26. The number of hydrogen-bond donors (Lipinski definition) is 0. The van der Waals surface area contributed by atoms with Gasteiger partial charge in [0, 0.05) is 41.0 Å². The smallest absolute Gasteiger partial charge is 0.339 e. The summed E-state index contributed by atoms with van der Waals surface area (Å²) in [6.07, 6.45) is 3.13. The molecule has 0 N–H and O–H groups in total. The summed E-state index contributed by atoms with van der Waals surface area (Å²) >= 11 is 0. The summed E-state index contributed by atoms with van der Waals surface area (Å²) in [4.78, 5) is 48.1. The van der Waals surface area contributed by atoms with Crippen molar-refractivity contribution in [3.05, 3.63) is 103 Å². The molecule has 1 unspecified atom stereocenters. The van der Waals surface area contributed by atoms with Crippen molar-refractivity contribution in [3.63, 3.8) is 0 Å². The molecule has 0 saturated heterocycles. The van der Waals surface area contributed by atoms with Crippen LogP contribution in [0.25, 0.3) is 17.2 Å². The summed E-state index contributed by atoms with van der Waals surface area (Å²) in [5, 5.41) is 22.2. The van der Waals surface area contributed by atoms with Crippen molar-refractivity contribution in [1.82, 2.24) is 0 Å². The van der Waals surface area contributed by atoms with E-state index >= 15 is 0 Å². The summed E-state index contributed by atoms with van der Waals surface area (Å²) in [5.41, 5.74) is 1.84. The van der Waals surface area contributed by atoms with E-state index in [0.29, 0.717) is 22.3 Å².